The van der Waals surface area contributed by atoms with E-state index in [1.54, 1.807) is 0 Å². The van der Waals surface area contributed by atoms with Crippen molar-refractivity contribution in [2.45, 2.75) is 64.0 Å². The molecule has 2 rings (SSSR count). The number of nitrogens with one attached hydrogen (secondary N) is 1. The fraction of sp³-hybridized carbons (Fsp3) is 0.933. The van der Waals surface area contributed by atoms with Crippen molar-refractivity contribution in [2.75, 3.05) is 12.5 Å². The van der Waals surface area contributed by atoms with Gasteiger partial charge in [-0.3, -0.25) is 4.79 Å². The SMILES string of the molecule is CCC1OCCC1C(=O)NC1(CCl)CCCC(C)C1. The number of alkyl halides is 1. The lowest BCUT2D eigenvalue weighted by Crippen LogP contribution is -2.55. The highest BCUT2D eigenvalue weighted by molar-refractivity contribution is 6.18. The highest BCUT2D eigenvalue weighted by Gasteiger charge is 2.40. The molecule has 0 spiro atoms. The molecule has 1 aliphatic carbocycles. The normalized spacial score (nSPS) is 39.2. The van der Waals surface area contributed by atoms with E-state index in [0.717, 1.165) is 32.1 Å². The van der Waals surface area contributed by atoms with Crippen LogP contribution in [0.3, 0.4) is 0 Å². The number of amides is 1. The molecule has 1 aliphatic heterocycles. The summed E-state index contributed by atoms with van der Waals surface area (Å²) in [6.07, 6.45) is 6.27. The third-order valence-corrected chi connectivity index (χ3v) is 5.20. The van der Waals surface area contributed by atoms with Gasteiger partial charge in [-0.1, -0.05) is 26.7 Å². The Morgan fingerprint density at radius 3 is 2.89 bits per heavy atom. The Hall–Kier alpha value is -0.280. The molecule has 0 aromatic carbocycles. The average molecular weight is 288 g/mol. The van der Waals surface area contributed by atoms with Crippen molar-refractivity contribution in [2.24, 2.45) is 11.8 Å². The summed E-state index contributed by atoms with van der Waals surface area (Å²) < 4.78 is 5.62. The Morgan fingerprint density at radius 2 is 2.26 bits per heavy atom. The van der Waals surface area contributed by atoms with E-state index in [1.807, 2.05) is 0 Å². The van der Waals surface area contributed by atoms with Crippen LogP contribution in [0.1, 0.15) is 52.4 Å². The van der Waals surface area contributed by atoms with Gasteiger partial charge >= 0.3 is 0 Å². The molecule has 4 unspecified atom stereocenters. The zero-order valence-electron chi connectivity index (χ0n) is 12.1. The fourth-order valence-corrected chi connectivity index (χ4v) is 3.94. The van der Waals surface area contributed by atoms with Gasteiger partial charge in [0.25, 0.3) is 0 Å². The molecule has 110 valence electrons. The number of hydrogen-bond acceptors (Lipinski definition) is 2. The Morgan fingerprint density at radius 1 is 1.47 bits per heavy atom. The zero-order valence-corrected chi connectivity index (χ0v) is 12.8. The van der Waals surface area contributed by atoms with Crippen LogP contribution in [-0.2, 0) is 9.53 Å². The Bertz CT molecular complexity index is 323. The number of hydrogen-bond donors (Lipinski definition) is 1. The van der Waals surface area contributed by atoms with Crippen LogP contribution in [0.5, 0.6) is 0 Å². The third kappa shape index (κ3) is 3.43. The van der Waals surface area contributed by atoms with Crippen molar-refractivity contribution < 1.29 is 9.53 Å². The Labute approximate surface area is 121 Å². The standard InChI is InChI=1S/C15H26ClNO2/c1-3-13-12(6-8-19-13)14(18)17-15(10-16)7-4-5-11(2)9-15/h11-13H,3-10H2,1-2H3,(H,17,18). The number of ether oxygens (including phenoxy) is 1. The van der Waals surface area contributed by atoms with Gasteiger partial charge in [0.1, 0.15) is 0 Å². The number of rotatable bonds is 4. The molecule has 1 N–H and O–H groups in total. The summed E-state index contributed by atoms with van der Waals surface area (Å²) in [5.74, 6) is 1.34. The van der Waals surface area contributed by atoms with E-state index in [1.165, 1.54) is 6.42 Å². The molecule has 0 radical (unpaired) electrons. The van der Waals surface area contributed by atoms with E-state index >= 15 is 0 Å². The van der Waals surface area contributed by atoms with Crippen LogP contribution in [0.15, 0.2) is 0 Å². The van der Waals surface area contributed by atoms with E-state index in [2.05, 4.69) is 19.2 Å². The quantitative estimate of drug-likeness (QED) is 0.807. The van der Waals surface area contributed by atoms with Gasteiger partial charge in [0.15, 0.2) is 0 Å². The molecule has 0 aromatic heterocycles. The first-order valence-corrected chi connectivity index (χ1v) is 8.13. The Kier molecular flexibility index (Phi) is 5.13. The number of halogens is 1. The summed E-state index contributed by atoms with van der Waals surface area (Å²) in [6, 6.07) is 0. The van der Waals surface area contributed by atoms with Gasteiger partial charge in [-0.15, -0.1) is 11.6 Å². The predicted octanol–water partition coefficient (Wildman–Crippen LogP) is 3.11. The van der Waals surface area contributed by atoms with Crippen molar-refractivity contribution in [3.05, 3.63) is 0 Å². The summed E-state index contributed by atoms with van der Waals surface area (Å²) in [5, 5.41) is 3.27. The van der Waals surface area contributed by atoms with Gasteiger partial charge in [-0.2, -0.15) is 0 Å². The highest BCUT2D eigenvalue weighted by Crippen LogP contribution is 2.34. The molecule has 1 saturated carbocycles. The second-order valence-corrected chi connectivity index (χ2v) is 6.58. The maximum absolute atomic E-state index is 12.5. The van der Waals surface area contributed by atoms with Crippen LogP contribution >= 0.6 is 11.6 Å². The Balaban J connectivity index is 1.99. The molecular formula is C15H26ClNO2. The van der Waals surface area contributed by atoms with E-state index in [-0.39, 0.29) is 23.5 Å². The minimum atomic E-state index is -0.183. The van der Waals surface area contributed by atoms with Crippen LogP contribution in [0.25, 0.3) is 0 Å². The zero-order chi connectivity index (χ0) is 13.9. The summed E-state index contributed by atoms with van der Waals surface area (Å²) in [4.78, 5) is 12.5. The van der Waals surface area contributed by atoms with E-state index in [9.17, 15) is 4.79 Å². The fourth-order valence-electron chi connectivity index (χ4n) is 3.63. The van der Waals surface area contributed by atoms with Crippen LogP contribution in [0.2, 0.25) is 0 Å². The summed E-state index contributed by atoms with van der Waals surface area (Å²) in [7, 11) is 0. The molecule has 4 heteroatoms. The maximum Gasteiger partial charge on any atom is 0.226 e. The van der Waals surface area contributed by atoms with Crippen LogP contribution in [-0.4, -0.2) is 30.0 Å². The lowest BCUT2D eigenvalue weighted by molar-refractivity contribution is -0.129. The molecule has 2 fully saturated rings. The largest absolute Gasteiger partial charge is 0.377 e. The highest BCUT2D eigenvalue weighted by atomic mass is 35.5. The molecule has 0 aromatic rings. The van der Waals surface area contributed by atoms with Crippen molar-refractivity contribution in [3.8, 4) is 0 Å². The van der Waals surface area contributed by atoms with Gasteiger partial charge in [0.05, 0.1) is 17.6 Å². The van der Waals surface area contributed by atoms with Crippen LogP contribution < -0.4 is 5.32 Å². The number of carbonyl (C=O) groups excluding carboxylic acids is 1. The third-order valence-electron chi connectivity index (χ3n) is 4.68. The second-order valence-electron chi connectivity index (χ2n) is 6.32. The van der Waals surface area contributed by atoms with Crippen molar-refractivity contribution in [1.82, 2.24) is 5.32 Å². The number of carbonyl (C=O) groups is 1. The predicted molar refractivity (Wildman–Crippen MR) is 77.4 cm³/mol. The summed E-state index contributed by atoms with van der Waals surface area (Å²) in [6.45, 7) is 5.04. The minimum absolute atomic E-state index is 0.0160. The molecule has 19 heavy (non-hydrogen) atoms. The van der Waals surface area contributed by atoms with E-state index in [0.29, 0.717) is 18.4 Å². The topological polar surface area (TPSA) is 38.3 Å². The molecule has 4 atom stereocenters. The molecule has 2 aliphatic rings. The van der Waals surface area contributed by atoms with Crippen molar-refractivity contribution in [1.29, 1.82) is 0 Å². The van der Waals surface area contributed by atoms with Crippen LogP contribution in [0.4, 0.5) is 0 Å². The first-order valence-electron chi connectivity index (χ1n) is 7.60. The van der Waals surface area contributed by atoms with Gasteiger partial charge in [-0.25, -0.2) is 0 Å². The molecule has 0 bridgehead atoms. The van der Waals surface area contributed by atoms with Gasteiger partial charge < -0.3 is 10.1 Å². The maximum atomic E-state index is 12.5. The minimum Gasteiger partial charge on any atom is -0.377 e. The molecule has 1 heterocycles. The van der Waals surface area contributed by atoms with Gasteiger partial charge in [0, 0.05) is 12.5 Å². The van der Waals surface area contributed by atoms with E-state index < -0.39 is 0 Å². The van der Waals surface area contributed by atoms with Crippen LogP contribution in [0, 0.1) is 11.8 Å². The summed E-state index contributed by atoms with van der Waals surface area (Å²) in [5.41, 5.74) is -0.183. The lowest BCUT2D eigenvalue weighted by atomic mass is 9.77. The average Bonchev–Trinajstić information content (AvgIpc) is 2.87. The van der Waals surface area contributed by atoms with Gasteiger partial charge in [0.2, 0.25) is 5.91 Å². The van der Waals surface area contributed by atoms with Gasteiger partial charge in [-0.05, 0) is 31.6 Å². The lowest BCUT2D eigenvalue weighted by Gasteiger charge is -2.40. The molecule has 1 saturated heterocycles. The molecule has 1 amide bonds. The van der Waals surface area contributed by atoms with Crippen molar-refractivity contribution >= 4 is 17.5 Å². The molecular weight excluding hydrogens is 262 g/mol. The smallest absolute Gasteiger partial charge is 0.226 e. The first kappa shape index (κ1) is 15.1. The van der Waals surface area contributed by atoms with Crippen molar-refractivity contribution in [3.63, 3.8) is 0 Å². The van der Waals surface area contributed by atoms with E-state index in [4.69, 9.17) is 16.3 Å². The second kappa shape index (κ2) is 6.45. The summed E-state index contributed by atoms with van der Waals surface area (Å²) >= 11 is 6.18. The monoisotopic (exact) mass is 287 g/mol. The first-order chi connectivity index (χ1) is 9.10. The molecule has 3 nitrogen and oxygen atoms in total.